The van der Waals surface area contributed by atoms with Crippen molar-refractivity contribution in [2.75, 3.05) is 12.8 Å². The minimum atomic E-state index is -0.488. The Hall–Kier alpha value is -1.52. The number of hydrogen-bond donors (Lipinski definition) is 1. The number of methoxy groups -OCH3 is 1. The molecule has 0 fully saturated rings. The molecular formula is C12H21N3O2. The lowest BCUT2D eigenvalue weighted by molar-refractivity contribution is 0.0595. The number of nitrogens with two attached hydrogens (primary N) is 1. The van der Waals surface area contributed by atoms with Crippen LogP contribution in [0.4, 0.5) is 5.82 Å². The molecule has 0 spiro atoms. The third-order valence-corrected chi connectivity index (χ3v) is 3.67. The topological polar surface area (TPSA) is 70.1 Å². The van der Waals surface area contributed by atoms with Crippen molar-refractivity contribution in [1.82, 2.24) is 9.55 Å². The van der Waals surface area contributed by atoms with E-state index >= 15 is 0 Å². The third-order valence-electron chi connectivity index (χ3n) is 3.67. The summed E-state index contributed by atoms with van der Waals surface area (Å²) >= 11 is 0. The molecule has 5 nitrogen and oxygen atoms in total. The van der Waals surface area contributed by atoms with E-state index in [1.807, 2.05) is 4.57 Å². The van der Waals surface area contributed by atoms with Gasteiger partial charge in [-0.1, -0.05) is 20.8 Å². The van der Waals surface area contributed by atoms with Gasteiger partial charge in [-0.3, -0.25) is 0 Å². The normalized spacial score (nSPS) is 11.5. The Morgan fingerprint density at radius 2 is 1.94 bits per heavy atom. The molecule has 1 aromatic rings. The van der Waals surface area contributed by atoms with Crippen molar-refractivity contribution in [2.45, 2.75) is 45.6 Å². The van der Waals surface area contributed by atoms with Crippen LogP contribution in [0.1, 0.15) is 50.5 Å². The maximum absolute atomic E-state index is 11.5. The van der Waals surface area contributed by atoms with E-state index in [4.69, 9.17) is 5.73 Å². The van der Waals surface area contributed by atoms with Crippen molar-refractivity contribution in [3.05, 3.63) is 12.0 Å². The molecule has 0 aromatic carbocycles. The molecule has 0 radical (unpaired) electrons. The Balaban J connectivity index is 3.23. The lowest BCUT2D eigenvalue weighted by Crippen LogP contribution is -2.32. The molecule has 96 valence electrons. The quantitative estimate of drug-likeness (QED) is 0.799. The predicted octanol–water partition coefficient (Wildman–Crippen LogP) is 2.18. The van der Waals surface area contributed by atoms with Gasteiger partial charge in [0.15, 0.2) is 5.69 Å². The summed E-state index contributed by atoms with van der Waals surface area (Å²) in [4.78, 5) is 15.5. The van der Waals surface area contributed by atoms with Crippen LogP contribution in [0.25, 0.3) is 0 Å². The Kier molecular flexibility index (Phi) is 4.15. The van der Waals surface area contributed by atoms with E-state index in [2.05, 4.69) is 30.5 Å². The highest BCUT2D eigenvalue weighted by atomic mass is 16.5. The lowest BCUT2D eigenvalue weighted by Gasteiger charge is -2.33. The molecule has 0 aliphatic heterocycles. The fourth-order valence-corrected chi connectivity index (χ4v) is 2.25. The van der Waals surface area contributed by atoms with E-state index in [1.54, 1.807) is 6.33 Å². The van der Waals surface area contributed by atoms with Gasteiger partial charge in [-0.15, -0.1) is 0 Å². The van der Waals surface area contributed by atoms with Crippen LogP contribution < -0.4 is 5.73 Å². The molecule has 0 amide bonds. The number of nitrogen functional groups attached to an aromatic ring is 1. The molecule has 0 aliphatic carbocycles. The maximum atomic E-state index is 11.5. The molecule has 0 atom stereocenters. The summed E-state index contributed by atoms with van der Waals surface area (Å²) < 4.78 is 6.55. The second-order valence-electron chi connectivity index (χ2n) is 4.13. The first-order valence-electron chi connectivity index (χ1n) is 5.97. The maximum Gasteiger partial charge on any atom is 0.360 e. The first-order valence-corrected chi connectivity index (χ1v) is 5.97. The van der Waals surface area contributed by atoms with Gasteiger partial charge in [0.25, 0.3) is 0 Å². The molecule has 1 aromatic heterocycles. The highest BCUT2D eigenvalue weighted by Crippen LogP contribution is 2.32. The number of esters is 1. The van der Waals surface area contributed by atoms with Crippen molar-refractivity contribution in [2.24, 2.45) is 0 Å². The molecule has 0 aliphatic rings. The number of aromatic nitrogens is 2. The number of carbonyl (C=O) groups is 1. The SMILES string of the molecule is CCC(CC)(CC)n1cnc(C(=O)OC)c1N. The average Bonchev–Trinajstić information content (AvgIpc) is 2.74. The summed E-state index contributed by atoms with van der Waals surface area (Å²) in [5.74, 6) is -0.0964. The highest BCUT2D eigenvalue weighted by Gasteiger charge is 2.30. The van der Waals surface area contributed by atoms with E-state index in [9.17, 15) is 4.79 Å². The van der Waals surface area contributed by atoms with Gasteiger partial charge in [0.1, 0.15) is 5.82 Å². The molecule has 0 bridgehead atoms. The van der Waals surface area contributed by atoms with Crippen LogP contribution in [0.5, 0.6) is 0 Å². The zero-order valence-corrected chi connectivity index (χ0v) is 11.0. The molecule has 0 unspecified atom stereocenters. The van der Waals surface area contributed by atoms with E-state index in [0.29, 0.717) is 5.82 Å². The highest BCUT2D eigenvalue weighted by molar-refractivity contribution is 5.92. The van der Waals surface area contributed by atoms with Gasteiger partial charge in [-0.25, -0.2) is 9.78 Å². The smallest absolute Gasteiger partial charge is 0.360 e. The Labute approximate surface area is 102 Å². The number of hydrogen-bond acceptors (Lipinski definition) is 4. The van der Waals surface area contributed by atoms with Crippen LogP contribution in [0.15, 0.2) is 6.33 Å². The van der Waals surface area contributed by atoms with Gasteiger partial charge < -0.3 is 15.0 Å². The number of anilines is 1. The molecule has 0 saturated heterocycles. The zero-order chi connectivity index (χ0) is 13.1. The Bertz CT molecular complexity index is 386. The minimum absolute atomic E-state index is 0.0661. The van der Waals surface area contributed by atoms with Gasteiger partial charge in [0.05, 0.1) is 13.4 Å². The van der Waals surface area contributed by atoms with Crippen molar-refractivity contribution in [3.8, 4) is 0 Å². The van der Waals surface area contributed by atoms with Crippen LogP contribution in [-0.2, 0) is 10.3 Å². The summed E-state index contributed by atoms with van der Waals surface area (Å²) in [5.41, 5.74) is 6.13. The molecule has 1 rings (SSSR count). The minimum Gasteiger partial charge on any atom is -0.464 e. The van der Waals surface area contributed by atoms with E-state index < -0.39 is 5.97 Å². The number of carbonyl (C=O) groups excluding carboxylic acids is 1. The average molecular weight is 239 g/mol. The van der Waals surface area contributed by atoms with E-state index in [0.717, 1.165) is 19.3 Å². The molecule has 1 heterocycles. The number of ether oxygens (including phenoxy) is 1. The van der Waals surface area contributed by atoms with Crippen molar-refractivity contribution >= 4 is 11.8 Å². The summed E-state index contributed by atoms with van der Waals surface area (Å²) in [5, 5.41) is 0. The molecule has 0 saturated carbocycles. The van der Waals surface area contributed by atoms with Gasteiger partial charge in [-0.05, 0) is 19.3 Å². The zero-order valence-electron chi connectivity index (χ0n) is 11.0. The van der Waals surface area contributed by atoms with Crippen LogP contribution in [0.3, 0.4) is 0 Å². The van der Waals surface area contributed by atoms with Crippen LogP contribution >= 0.6 is 0 Å². The first-order chi connectivity index (χ1) is 8.06. The second-order valence-corrected chi connectivity index (χ2v) is 4.13. The number of nitrogens with zero attached hydrogens (tertiary/aromatic N) is 2. The Morgan fingerprint density at radius 3 is 2.35 bits per heavy atom. The Morgan fingerprint density at radius 1 is 1.41 bits per heavy atom. The van der Waals surface area contributed by atoms with Gasteiger partial charge in [0, 0.05) is 5.54 Å². The van der Waals surface area contributed by atoms with Gasteiger partial charge >= 0.3 is 5.97 Å². The predicted molar refractivity (Wildman–Crippen MR) is 66.8 cm³/mol. The van der Waals surface area contributed by atoms with E-state index in [-0.39, 0.29) is 11.2 Å². The van der Waals surface area contributed by atoms with Crippen molar-refractivity contribution in [1.29, 1.82) is 0 Å². The molecule has 5 heteroatoms. The van der Waals surface area contributed by atoms with Gasteiger partial charge in [-0.2, -0.15) is 0 Å². The fraction of sp³-hybridized carbons (Fsp3) is 0.667. The van der Waals surface area contributed by atoms with E-state index in [1.165, 1.54) is 7.11 Å². The molecule has 17 heavy (non-hydrogen) atoms. The summed E-state index contributed by atoms with van der Waals surface area (Å²) in [7, 11) is 1.33. The number of rotatable bonds is 5. The van der Waals surface area contributed by atoms with Crippen molar-refractivity contribution in [3.63, 3.8) is 0 Å². The third kappa shape index (κ3) is 2.14. The summed E-state index contributed by atoms with van der Waals surface area (Å²) in [6.07, 6.45) is 4.47. The first kappa shape index (κ1) is 13.5. The van der Waals surface area contributed by atoms with Crippen molar-refractivity contribution < 1.29 is 9.53 Å². The summed E-state index contributed by atoms with van der Waals surface area (Å²) in [6.45, 7) is 6.35. The lowest BCUT2D eigenvalue weighted by atomic mass is 9.89. The molecular weight excluding hydrogens is 218 g/mol. The monoisotopic (exact) mass is 239 g/mol. The number of imidazole rings is 1. The van der Waals surface area contributed by atoms with Crippen LogP contribution in [-0.4, -0.2) is 22.6 Å². The standard InChI is InChI=1S/C12H21N3O2/c1-5-12(6-2,7-3)15-8-14-9(10(15)13)11(16)17-4/h8H,5-7,13H2,1-4H3. The van der Waals surface area contributed by atoms with Gasteiger partial charge in [0.2, 0.25) is 0 Å². The van der Waals surface area contributed by atoms with Crippen LogP contribution in [0.2, 0.25) is 0 Å². The fourth-order valence-electron chi connectivity index (χ4n) is 2.25. The van der Waals surface area contributed by atoms with Crippen LogP contribution in [0, 0.1) is 0 Å². The summed E-state index contributed by atoms with van der Waals surface area (Å²) in [6, 6.07) is 0. The second kappa shape index (κ2) is 5.21. The largest absolute Gasteiger partial charge is 0.464 e. The molecule has 2 N–H and O–H groups in total.